The second-order valence-corrected chi connectivity index (χ2v) is 7.13. The molecule has 1 aliphatic heterocycles. The van der Waals surface area contributed by atoms with Crippen molar-refractivity contribution in [1.29, 1.82) is 0 Å². The van der Waals surface area contributed by atoms with Crippen LogP contribution in [0.1, 0.15) is 17.0 Å². The number of guanidine groups is 1. The monoisotopic (exact) mass is 508 g/mol. The molecule has 1 fully saturated rings. The highest BCUT2D eigenvalue weighted by molar-refractivity contribution is 14.0. The summed E-state index contributed by atoms with van der Waals surface area (Å²) >= 11 is 0. The first-order chi connectivity index (χ1) is 13.8. The lowest BCUT2D eigenvalue weighted by Gasteiger charge is -2.27. The van der Waals surface area contributed by atoms with E-state index < -0.39 is 0 Å². The van der Waals surface area contributed by atoms with Gasteiger partial charge in [0.05, 0.1) is 13.2 Å². The Morgan fingerprint density at radius 1 is 1.00 bits per heavy atom. The number of ether oxygens (including phenoxy) is 1. The van der Waals surface area contributed by atoms with Gasteiger partial charge in [0, 0.05) is 45.7 Å². The summed E-state index contributed by atoms with van der Waals surface area (Å²) in [7, 11) is 1.83. The maximum atomic E-state index is 5.41. The molecule has 3 rings (SSSR count). The van der Waals surface area contributed by atoms with Crippen molar-refractivity contribution in [2.45, 2.75) is 12.3 Å². The van der Waals surface area contributed by atoms with Gasteiger partial charge < -0.3 is 15.4 Å². The van der Waals surface area contributed by atoms with Gasteiger partial charge in [-0.05, 0) is 17.5 Å². The molecule has 0 saturated carbocycles. The molecule has 1 saturated heterocycles. The average molecular weight is 508 g/mol. The predicted octanol–water partition coefficient (Wildman–Crippen LogP) is 3.13. The van der Waals surface area contributed by atoms with Crippen LogP contribution >= 0.6 is 24.0 Å². The average Bonchev–Trinajstić information content (AvgIpc) is 2.77. The van der Waals surface area contributed by atoms with Gasteiger partial charge in [0.15, 0.2) is 5.96 Å². The molecular weight excluding hydrogens is 475 g/mol. The Morgan fingerprint density at radius 2 is 1.66 bits per heavy atom. The molecule has 158 valence electrons. The van der Waals surface area contributed by atoms with Crippen molar-refractivity contribution in [1.82, 2.24) is 15.5 Å². The summed E-state index contributed by atoms with van der Waals surface area (Å²) in [6.07, 6.45) is 1.00. The zero-order chi connectivity index (χ0) is 19.4. The molecule has 2 N–H and O–H groups in total. The lowest BCUT2D eigenvalue weighted by Crippen LogP contribution is -2.45. The summed E-state index contributed by atoms with van der Waals surface area (Å²) in [6, 6.07) is 21.4. The van der Waals surface area contributed by atoms with Gasteiger partial charge >= 0.3 is 0 Å². The lowest BCUT2D eigenvalue weighted by molar-refractivity contribution is 0.0389. The van der Waals surface area contributed by atoms with Gasteiger partial charge in [0.2, 0.25) is 0 Å². The van der Waals surface area contributed by atoms with Gasteiger partial charge in [0.25, 0.3) is 0 Å². The van der Waals surface area contributed by atoms with Gasteiger partial charge in [-0.3, -0.25) is 9.89 Å². The molecule has 1 heterocycles. The summed E-state index contributed by atoms with van der Waals surface area (Å²) < 4.78 is 5.41. The standard InChI is InChI=1S/C23H32N4O.HI/c1-24-23(25-12-13-27-14-16-28-17-15-27)26-19-22(21-10-6-3-7-11-21)18-20-8-4-2-5-9-20;/h2-11,22H,12-19H2,1H3,(H2,24,25,26);1H. The second kappa shape index (κ2) is 13.6. The zero-order valence-corrected chi connectivity index (χ0v) is 19.5. The second-order valence-electron chi connectivity index (χ2n) is 7.13. The minimum absolute atomic E-state index is 0. The fourth-order valence-corrected chi connectivity index (χ4v) is 3.53. The van der Waals surface area contributed by atoms with Gasteiger partial charge in [-0.15, -0.1) is 24.0 Å². The molecular formula is C23H33IN4O. The minimum atomic E-state index is 0. The number of rotatable bonds is 8. The van der Waals surface area contributed by atoms with Crippen LogP contribution in [0.25, 0.3) is 0 Å². The summed E-state index contributed by atoms with van der Waals surface area (Å²) in [6.45, 7) is 6.44. The Bertz CT molecular complexity index is 705. The molecule has 29 heavy (non-hydrogen) atoms. The van der Waals surface area contributed by atoms with Crippen LogP contribution < -0.4 is 10.6 Å². The van der Waals surface area contributed by atoms with Gasteiger partial charge in [-0.25, -0.2) is 0 Å². The molecule has 0 bridgehead atoms. The Hall–Kier alpha value is -1.64. The third kappa shape index (κ3) is 8.32. The quantitative estimate of drug-likeness (QED) is 0.327. The highest BCUT2D eigenvalue weighted by Gasteiger charge is 2.14. The van der Waals surface area contributed by atoms with E-state index in [4.69, 9.17) is 4.74 Å². The number of nitrogens with zero attached hydrogens (tertiary/aromatic N) is 2. The minimum Gasteiger partial charge on any atom is -0.379 e. The molecule has 0 amide bonds. The van der Waals surface area contributed by atoms with E-state index in [-0.39, 0.29) is 24.0 Å². The topological polar surface area (TPSA) is 48.9 Å². The Morgan fingerprint density at radius 3 is 2.31 bits per heavy atom. The van der Waals surface area contributed by atoms with E-state index in [1.54, 1.807) is 0 Å². The van der Waals surface area contributed by atoms with Crippen molar-refractivity contribution in [2.24, 2.45) is 4.99 Å². The van der Waals surface area contributed by atoms with Crippen LogP contribution in [0.2, 0.25) is 0 Å². The smallest absolute Gasteiger partial charge is 0.191 e. The van der Waals surface area contributed by atoms with E-state index in [0.717, 1.165) is 58.3 Å². The first kappa shape index (κ1) is 23.6. The fourth-order valence-electron chi connectivity index (χ4n) is 3.53. The summed E-state index contributed by atoms with van der Waals surface area (Å²) in [5.74, 6) is 1.25. The Kier molecular flexibility index (Phi) is 11.1. The van der Waals surface area contributed by atoms with E-state index >= 15 is 0 Å². The molecule has 0 radical (unpaired) electrons. The number of hydrogen-bond donors (Lipinski definition) is 2. The van der Waals surface area contributed by atoms with Gasteiger partial charge in [0.1, 0.15) is 0 Å². The molecule has 0 aliphatic carbocycles. The first-order valence-electron chi connectivity index (χ1n) is 10.2. The van der Waals surface area contributed by atoms with E-state index in [0.29, 0.717) is 5.92 Å². The summed E-state index contributed by atoms with van der Waals surface area (Å²) in [5.41, 5.74) is 2.70. The van der Waals surface area contributed by atoms with Crippen LogP contribution in [0, 0.1) is 0 Å². The van der Waals surface area contributed by atoms with Crippen LogP contribution in [0.3, 0.4) is 0 Å². The highest BCUT2D eigenvalue weighted by atomic mass is 127. The summed E-state index contributed by atoms with van der Waals surface area (Å²) in [5, 5.41) is 6.97. The molecule has 1 aliphatic rings. The van der Waals surface area contributed by atoms with Crippen molar-refractivity contribution in [3.8, 4) is 0 Å². The number of aliphatic imine (C=N–C) groups is 1. The molecule has 2 aromatic carbocycles. The third-order valence-corrected chi connectivity index (χ3v) is 5.16. The Balaban J connectivity index is 0.00000300. The van der Waals surface area contributed by atoms with Crippen LogP contribution in [0.5, 0.6) is 0 Å². The molecule has 2 aromatic rings. The van der Waals surface area contributed by atoms with Gasteiger partial charge in [-0.2, -0.15) is 0 Å². The van der Waals surface area contributed by atoms with E-state index in [1.807, 2.05) is 7.05 Å². The highest BCUT2D eigenvalue weighted by Crippen LogP contribution is 2.20. The number of nitrogens with one attached hydrogen (secondary N) is 2. The van der Waals surface area contributed by atoms with Crippen molar-refractivity contribution in [3.63, 3.8) is 0 Å². The summed E-state index contributed by atoms with van der Waals surface area (Å²) in [4.78, 5) is 6.82. The van der Waals surface area contributed by atoms with E-state index in [9.17, 15) is 0 Å². The van der Waals surface area contributed by atoms with Crippen LogP contribution in [-0.2, 0) is 11.2 Å². The van der Waals surface area contributed by atoms with Crippen molar-refractivity contribution in [2.75, 3.05) is 53.0 Å². The SMILES string of the molecule is CN=C(NCCN1CCOCC1)NCC(Cc1ccccc1)c1ccccc1.I. The molecule has 1 atom stereocenters. The number of hydrogen-bond acceptors (Lipinski definition) is 3. The molecule has 5 nitrogen and oxygen atoms in total. The molecule has 1 unspecified atom stereocenters. The van der Waals surface area contributed by atoms with Crippen LogP contribution in [-0.4, -0.2) is 63.8 Å². The van der Waals surface area contributed by atoms with Gasteiger partial charge in [-0.1, -0.05) is 60.7 Å². The van der Waals surface area contributed by atoms with E-state index in [2.05, 4.69) is 81.2 Å². The van der Waals surface area contributed by atoms with Crippen molar-refractivity contribution in [3.05, 3.63) is 71.8 Å². The zero-order valence-electron chi connectivity index (χ0n) is 17.2. The maximum Gasteiger partial charge on any atom is 0.191 e. The number of halogens is 1. The maximum absolute atomic E-state index is 5.41. The van der Waals surface area contributed by atoms with Crippen molar-refractivity contribution < 1.29 is 4.74 Å². The third-order valence-electron chi connectivity index (χ3n) is 5.16. The predicted molar refractivity (Wildman–Crippen MR) is 131 cm³/mol. The number of benzene rings is 2. The lowest BCUT2D eigenvalue weighted by atomic mass is 9.92. The van der Waals surface area contributed by atoms with Crippen molar-refractivity contribution >= 4 is 29.9 Å². The molecule has 0 aromatic heterocycles. The Labute approximate surface area is 192 Å². The molecule has 6 heteroatoms. The van der Waals surface area contributed by atoms with Crippen LogP contribution in [0.4, 0.5) is 0 Å². The molecule has 0 spiro atoms. The fraction of sp³-hybridized carbons (Fsp3) is 0.435. The largest absolute Gasteiger partial charge is 0.379 e. The number of morpholine rings is 1. The van der Waals surface area contributed by atoms with Crippen LogP contribution in [0.15, 0.2) is 65.7 Å². The van der Waals surface area contributed by atoms with E-state index in [1.165, 1.54) is 11.1 Å². The normalized spacial score (nSPS) is 16.0. The first-order valence-corrected chi connectivity index (χ1v) is 10.2.